The Morgan fingerprint density at radius 2 is 1.56 bits per heavy atom. The molecule has 2 aromatic carbocycles. The zero-order chi connectivity index (χ0) is 22.9. The standard InChI is InChI=1S/C23H24F3N3O3/c24-23(25,26)32-20-9-5-4-8-18(20)22(31)29-13-16-11-28(12-17(16)14-29)19(10-21(27)30)15-6-2-1-3-7-15/h1-9,16-17,19H,10-14H2,(H2,27,30)/t16?,17?,19-/m0/s1. The number of benzene rings is 2. The van der Waals surface area contributed by atoms with Crippen LogP contribution in [0.3, 0.4) is 0 Å². The fraction of sp³-hybridized carbons (Fsp3) is 0.391. The molecule has 3 atom stereocenters. The molecule has 0 spiro atoms. The average molecular weight is 447 g/mol. The summed E-state index contributed by atoms with van der Waals surface area (Å²) < 4.78 is 42.2. The summed E-state index contributed by atoms with van der Waals surface area (Å²) in [6.07, 6.45) is -4.67. The van der Waals surface area contributed by atoms with Gasteiger partial charge in [0.15, 0.2) is 0 Å². The summed E-state index contributed by atoms with van der Waals surface area (Å²) in [7, 11) is 0. The van der Waals surface area contributed by atoms with E-state index >= 15 is 0 Å². The molecule has 0 radical (unpaired) electrons. The van der Waals surface area contributed by atoms with Gasteiger partial charge in [0.25, 0.3) is 5.91 Å². The monoisotopic (exact) mass is 447 g/mol. The molecule has 2 aromatic rings. The van der Waals surface area contributed by atoms with E-state index in [1.807, 2.05) is 30.3 Å². The van der Waals surface area contributed by atoms with Crippen LogP contribution in [0.15, 0.2) is 54.6 Å². The lowest BCUT2D eigenvalue weighted by atomic mass is 10.0. The summed E-state index contributed by atoms with van der Waals surface area (Å²) in [6, 6.07) is 15.0. The van der Waals surface area contributed by atoms with Gasteiger partial charge in [-0.25, -0.2) is 0 Å². The van der Waals surface area contributed by atoms with Gasteiger partial charge in [0, 0.05) is 38.6 Å². The Bertz CT molecular complexity index is 969. The predicted octanol–water partition coefficient (Wildman–Crippen LogP) is 3.21. The number of ether oxygens (including phenoxy) is 1. The van der Waals surface area contributed by atoms with Crippen LogP contribution < -0.4 is 10.5 Å². The van der Waals surface area contributed by atoms with E-state index in [0.29, 0.717) is 26.2 Å². The normalized spacial score (nSPS) is 21.9. The van der Waals surface area contributed by atoms with Crippen LogP contribution >= 0.6 is 0 Å². The number of fused-ring (bicyclic) bond motifs is 1. The van der Waals surface area contributed by atoms with Crippen molar-refractivity contribution in [3.8, 4) is 5.75 Å². The molecule has 2 heterocycles. The minimum absolute atomic E-state index is 0.0995. The second-order valence-corrected chi connectivity index (χ2v) is 8.33. The van der Waals surface area contributed by atoms with Crippen LogP contribution in [0, 0.1) is 11.8 Å². The van der Waals surface area contributed by atoms with Crippen molar-refractivity contribution in [2.45, 2.75) is 18.8 Å². The lowest BCUT2D eigenvalue weighted by Crippen LogP contribution is -2.36. The zero-order valence-electron chi connectivity index (χ0n) is 17.3. The van der Waals surface area contributed by atoms with Gasteiger partial charge in [0.2, 0.25) is 5.91 Å². The molecule has 0 aliphatic carbocycles. The third kappa shape index (κ3) is 4.88. The number of carbonyl (C=O) groups excluding carboxylic acids is 2. The van der Waals surface area contributed by atoms with Crippen molar-refractivity contribution in [1.29, 1.82) is 0 Å². The number of nitrogens with two attached hydrogens (primary N) is 1. The number of carbonyl (C=O) groups is 2. The van der Waals surface area contributed by atoms with E-state index in [9.17, 15) is 22.8 Å². The van der Waals surface area contributed by atoms with Gasteiger partial charge in [-0.15, -0.1) is 13.2 Å². The average Bonchev–Trinajstić information content (AvgIpc) is 3.30. The third-order valence-electron chi connectivity index (χ3n) is 6.16. The maximum atomic E-state index is 13.0. The first-order chi connectivity index (χ1) is 15.2. The Balaban J connectivity index is 1.45. The summed E-state index contributed by atoms with van der Waals surface area (Å²) in [4.78, 5) is 28.5. The lowest BCUT2D eigenvalue weighted by molar-refractivity contribution is -0.274. The molecule has 4 rings (SSSR count). The van der Waals surface area contributed by atoms with Crippen molar-refractivity contribution in [3.63, 3.8) is 0 Å². The molecule has 9 heteroatoms. The highest BCUT2D eigenvalue weighted by atomic mass is 19.4. The zero-order valence-corrected chi connectivity index (χ0v) is 17.3. The van der Waals surface area contributed by atoms with Gasteiger partial charge in [0.05, 0.1) is 5.56 Å². The molecule has 2 saturated heterocycles. The van der Waals surface area contributed by atoms with Crippen LogP contribution in [0.4, 0.5) is 13.2 Å². The van der Waals surface area contributed by atoms with E-state index in [0.717, 1.165) is 11.6 Å². The van der Waals surface area contributed by atoms with Crippen LogP contribution in [0.25, 0.3) is 0 Å². The molecule has 2 amide bonds. The number of alkyl halides is 3. The third-order valence-corrected chi connectivity index (χ3v) is 6.16. The molecule has 0 aromatic heterocycles. The minimum atomic E-state index is -4.87. The van der Waals surface area contributed by atoms with Crippen LogP contribution in [0.2, 0.25) is 0 Å². The van der Waals surface area contributed by atoms with Gasteiger partial charge in [-0.1, -0.05) is 42.5 Å². The number of nitrogens with zero attached hydrogens (tertiary/aromatic N) is 2. The summed E-state index contributed by atoms with van der Waals surface area (Å²) in [5.41, 5.74) is 6.40. The molecule has 2 aliphatic rings. The van der Waals surface area contributed by atoms with Gasteiger partial charge in [-0.2, -0.15) is 0 Å². The molecule has 2 unspecified atom stereocenters. The van der Waals surface area contributed by atoms with Gasteiger partial charge in [-0.05, 0) is 29.5 Å². The van der Waals surface area contributed by atoms with Gasteiger partial charge in [-0.3, -0.25) is 14.5 Å². The molecule has 32 heavy (non-hydrogen) atoms. The Labute approximate surface area is 183 Å². The van der Waals surface area contributed by atoms with Crippen molar-refractivity contribution in [2.24, 2.45) is 17.6 Å². The summed E-state index contributed by atoms with van der Waals surface area (Å²) in [6.45, 7) is 2.25. The first-order valence-electron chi connectivity index (χ1n) is 10.4. The first kappa shape index (κ1) is 22.1. The van der Waals surface area contributed by atoms with Crippen molar-refractivity contribution in [2.75, 3.05) is 26.2 Å². The second-order valence-electron chi connectivity index (χ2n) is 8.33. The van der Waals surface area contributed by atoms with Crippen molar-refractivity contribution in [3.05, 3.63) is 65.7 Å². The van der Waals surface area contributed by atoms with Gasteiger partial charge < -0.3 is 15.4 Å². The fourth-order valence-electron chi connectivity index (χ4n) is 4.80. The Kier molecular flexibility index (Phi) is 6.10. The maximum Gasteiger partial charge on any atom is 0.573 e. The number of likely N-dealkylation sites (tertiary alicyclic amines) is 2. The predicted molar refractivity (Wildman–Crippen MR) is 111 cm³/mol. The summed E-state index contributed by atoms with van der Waals surface area (Å²) >= 11 is 0. The largest absolute Gasteiger partial charge is 0.573 e. The number of rotatable bonds is 6. The second kappa shape index (κ2) is 8.82. The topological polar surface area (TPSA) is 75.9 Å². The number of amides is 2. The van der Waals surface area contributed by atoms with Crippen LogP contribution in [0.5, 0.6) is 5.75 Å². The molecule has 0 saturated carbocycles. The van der Waals surface area contributed by atoms with Crippen molar-refractivity contribution in [1.82, 2.24) is 9.80 Å². The van der Waals surface area contributed by atoms with Crippen LogP contribution in [0.1, 0.15) is 28.4 Å². The summed E-state index contributed by atoms with van der Waals surface area (Å²) in [5.74, 6) is -0.992. The highest BCUT2D eigenvalue weighted by molar-refractivity contribution is 5.97. The van der Waals surface area contributed by atoms with E-state index in [1.165, 1.54) is 18.2 Å². The fourth-order valence-corrected chi connectivity index (χ4v) is 4.80. The van der Waals surface area contributed by atoms with Crippen LogP contribution in [-0.4, -0.2) is 54.2 Å². The number of hydrogen-bond donors (Lipinski definition) is 1. The highest BCUT2D eigenvalue weighted by Gasteiger charge is 2.44. The quantitative estimate of drug-likeness (QED) is 0.738. The van der Waals surface area contributed by atoms with Gasteiger partial charge >= 0.3 is 6.36 Å². The van der Waals surface area contributed by atoms with E-state index in [1.54, 1.807) is 4.90 Å². The smallest absolute Gasteiger partial charge is 0.405 e. The number of para-hydroxylation sites is 1. The lowest BCUT2D eigenvalue weighted by Gasteiger charge is -2.29. The van der Waals surface area contributed by atoms with Crippen molar-refractivity contribution < 1.29 is 27.5 Å². The van der Waals surface area contributed by atoms with Gasteiger partial charge in [0.1, 0.15) is 5.75 Å². The first-order valence-corrected chi connectivity index (χ1v) is 10.4. The molecule has 170 valence electrons. The minimum Gasteiger partial charge on any atom is -0.405 e. The Hall–Kier alpha value is -3.07. The van der Waals surface area contributed by atoms with E-state index < -0.39 is 18.0 Å². The Morgan fingerprint density at radius 1 is 0.969 bits per heavy atom. The van der Waals surface area contributed by atoms with E-state index in [2.05, 4.69) is 9.64 Å². The van der Waals surface area contributed by atoms with E-state index in [4.69, 9.17) is 5.73 Å². The molecule has 2 fully saturated rings. The Morgan fingerprint density at radius 3 is 2.16 bits per heavy atom. The molecule has 2 aliphatic heterocycles. The molecule has 6 nitrogen and oxygen atoms in total. The molecular formula is C23H24F3N3O3. The molecular weight excluding hydrogens is 423 g/mol. The van der Waals surface area contributed by atoms with Crippen molar-refractivity contribution >= 4 is 11.8 Å². The number of halogens is 3. The number of hydrogen-bond acceptors (Lipinski definition) is 4. The maximum absolute atomic E-state index is 13.0. The number of primary amides is 1. The highest BCUT2D eigenvalue weighted by Crippen LogP contribution is 2.38. The summed E-state index contributed by atoms with van der Waals surface area (Å²) in [5, 5.41) is 0. The van der Waals surface area contributed by atoms with E-state index in [-0.39, 0.29) is 35.8 Å². The molecule has 2 N–H and O–H groups in total. The molecule has 0 bridgehead atoms. The van der Waals surface area contributed by atoms with Crippen LogP contribution in [-0.2, 0) is 4.79 Å². The SMILES string of the molecule is NC(=O)C[C@@H](c1ccccc1)N1CC2CN(C(=O)c3ccccc3OC(F)(F)F)CC2C1.